The third-order valence-electron chi connectivity index (χ3n) is 4.02. The fraction of sp³-hybridized carbons (Fsp3) is 0.143. The average molecular weight is 394 g/mol. The number of carbonyl (C=O) groups excluding carboxylic acids is 1. The van der Waals surface area contributed by atoms with Crippen LogP contribution in [0.15, 0.2) is 48.2 Å². The van der Waals surface area contributed by atoms with Crippen LogP contribution in [0.4, 0.5) is 5.69 Å². The summed E-state index contributed by atoms with van der Waals surface area (Å²) in [6, 6.07) is 12.4. The van der Waals surface area contributed by atoms with Crippen molar-refractivity contribution in [1.82, 2.24) is 5.32 Å². The zero-order chi connectivity index (χ0) is 20.1. The Morgan fingerprint density at radius 3 is 2.54 bits per heavy atom. The molecule has 1 amide bonds. The van der Waals surface area contributed by atoms with E-state index < -0.39 is 0 Å². The summed E-state index contributed by atoms with van der Waals surface area (Å²) >= 11 is 5.33. The molecule has 0 bridgehead atoms. The van der Waals surface area contributed by atoms with Gasteiger partial charge in [0, 0.05) is 0 Å². The maximum atomic E-state index is 12.8. The van der Waals surface area contributed by atoms with Crippen LogP contribution in [0.2, 0.25) is 0 Å². The number of nitrogens with one attached hydrogen (secondary N) is 1. The largest absolute Gasteiger partial charge is 0.497 e. The van der Waals surface area contributed by atoms with Crippen LogP contribution >= 0.6 is 12.2 Å². The van der Waals surface area contributed by atoms with E-state index in [0.717, 1.165) is 5.56 Å². The monoisotopic (exact) mass is 394 g/mol. The number of ether oxygens (including phenoxy) is 3. The molecule has 0 saturated carbocycles. The highest BCUT2D eigenvalue weighted by Gasteiger charge is 2.32. The van der Waals surface area contributed by atoms with Gasteiger partial charge in [0.1, 0.15) is 18.1 Å². The number of anilines is 1. The Labute approximate surface area is 168 Å². The molecule has 0 atom stereocenters. The number of thiocarbonyl (C=S) groups is 1. The molecule has 1 aliphatic rings. The molecule has 0 spiro atoms. The maximum Gasteiger partial charge on any atom is 0.281 e. The number of terminal acetylenes is 1. The summed E-state index contributed by atoms with van der Waals surface area (Å²) in [5.74, 6) is 3.91. The molecule has 142 valence electrons. The van der Waals surface area contributed by atoms with Crippen LogP contribution in [0.1, 0.15) is 5.56 Å². The summed E-state index contributed by atoms with van der Waals surface area (Å²) in [5, 5.41) is 3.26. The Morgan fingerprint density at radius 1 is 1.14 bits per heavy atom. The third kappa shape index (κ3) is 3.92. The number of hydrogen-bond acceptors (Lipinski definition) is 5. The van der Waals surface area contributed by atoms with E-state index in [0.29, 0.717) is 33.7 Å². The molecule has 1 heterocycles. The van der Waals surface area contributed by atoms with Gasteiger partial charge in [0.05, 0.1) is 19.9 Å². The number of nitrogens with zero attached hydrogens (tertiary/aromatic N) is 1. The summed E-state index contributed by atoms with van der Waals surface area (Å²) in [4.78, 5) is 14.3. The molecule has 6 nitrogen and oxygen atoms in total. The molecular formula is C21H18N2O4S. The molecule has 1 saturated heterocycles. The van der Waals surface area contributed by atoms with Gasteiger partial charge in [-0.25, -0.2) is 0 Å². The van der Waals surface area contributed by atoms with Crippen molar-refractivity contribution in [2.24, 2.45) is 0 Å². The zero-order valence-electron chi connectivity index (χ0n) is 15.4. The molecular weight excluding hydrogens is 376 g/mol. The van der Waals surface area contributed by atoms with E-state index in [1.165, 1.54) is 12.0 Å². The van der Waals surface area contributed by atoms with Crippen LogP contribution in [0.25, 0.3) is 6.08 Å². The van der Waals surface area contributed by atoms with Crippen molar-refractivity contribution in [2.75, 3.05) is 25.7 Å². The molecule has 3 rings (SSSR count). The van der Waals surface area contributed by atoms with Gasteiger partial charge in [0.2, 0.25) is 0 Å². The van der Waals surface area contributed by atoms with E-state index in [1.807, 2.05) is 0 Å². The van der Waals surface area contributed by atoms with Crippen molar-refractivity contribution in [3.05, 3.63) is 53.7 Å². The van der Waals surface area contributed by atoms with Crippen LogP contribution in [-0.4, -0.2) is 31.8 Å². The first-order chi connectivity index (χ1) is 13.6. The van der Waals surface area contributed by atoms with Gasteiger partial charge in [-0.15, -0.1) is 6.42 Å². The van der Waals surface area contributed by atoms with Crippen molar-refractivity contribution < 1.29 is 19.0 Å². The maximum absolute atomic E-state index is 12.8. The summed E-state index contributed by atoms with van der Waals surface area (Å²) in [7, 11) is 3.12. The molecule has 0 radical (unpaired) electrons. The highest BCUT2D eigenvalue weighted by Crippen LogP contribution is 2.30. The van der Waals surface area contributed by atoms with Crippen LogP contribution < -0.4 is 24.4 Å². The summed E-state index contributed by atoms with van der Waals surface area (Å²) in [5.41, 5.74) is 1.77. The van der Waals surface area contributed by atoms with Crippen molar-refractivity contribution in [1.29, 1.82) is 0 Å². The van der Waals surface area contributed by atoms with Gasteiger partial charge in [-0.2, -0.15) is 0 Å². The van der Waals surface area contributed by atoms with E-state index in [9.17, 15) is 4.79 Å². The lowest BCUT2D eigenvalue weighted by Crippen LogP contribution is -2.30. The van der Waals surface area contributed by atoms with Gasteiger partial charge in [-0.1, -0.05) is 12.0 Å². The standard InChI is InChI=1S/C21H18N2O4S/c1-4-11-27-18-10-5-14(13-19(18)26-3)12-17-20(24)23(21(28)22-17)15-6-8-16(25-2)9-7-15/h1,5-10,12-13H,11H2,2-3H3,(H,22,28)/b17-12+. The number of rotatable bonds is 6. The zero-order valence-corrected chi connectivity index (χ0v) is 16.2. The Bertz CT molecular complexity index is 977. The first kappa shape index (κ1) is 19.3. The molecule has 28 heavy (non-hydrogen) atoms. The average Bonchev–Trinajstić information content (AvgIpc) is 3.00. The molecule has 0 aliphatic carbocycles. The minimum absolute atomic E-state index is 0.141. The van der Waals surface area contributed by atoms with E-state index in [2.05, 4.69) is 11.2 Å². The Hall–Kier alpha value is -3.50. The van der Waals surface area contributed by atoms with E-state index >= 15 is 0 Å². The van der Waals surface area contributed by atoms with Gasteiger partial charge in [-0.3, -0.25) is 9.69 Å². The molecule has 2 aromatic carbocycles. The smallest absolute Gasteiger partial charge is 0.281 e. The Morgan fingerprint density at radius 2 is 1.89 bits per heavy atom. The number of carbonyl (C=O) groups is 1. The van der Waals surface area contributed by atoms with E-state index in [1.54, 1.807) is 55.7 Å². The molecule has 1 fully saturated rings. The first-order valence-electron chi connectivity index (χ1n) is 8.33. The van der Waals surface area contributed by atoms with Crippen molar-refractivity contribution in [2.45, 2.75) is 0 Å². The quantitative estimate of drug-likeness (QED) is 0.462. The number of methoxy groups -OCH3 is 2. The second-order valence-corrected chi connectivity index (χ2v) is 6.12. The Kier molecular flexibility index (Phi) is 5.82. The fourth-order valence-electron chi connectivity index (χ4n) is 2.68. The minimum Gasteiger partial charge on any atom is -0.497 e. The molecule has 2 aromatic rings. The topological polar surface area (TPSA) is 60.0 Å². The summed E-state index contributed by atoms with van der Waals surface area (Å²) in [6.45, 7) is 0.141. The van der Waals surface area contributed by atoms with Gasteiger partial charge >= 0.3 is 0 Å². The van der Waals surface area contributed by atoms with Gasteiger partial charge in [-0.05, 0) is 60.3 Å². The number of benzene rings is 2. The molecule has 0 aromatic heterocycles. The number of amides is 1. The van der Waals surface area contributed by atoms with Gasteiger partial charge in [0.25, 0.3) is 5.91 Å². The van der Waals surface area contributed by atoms with Crippen molar-refractivity contribution >= 4 is 35.0 Å². The molecule has 1 aliphatic heterocycles. The predicted molar refractivity (Wildman–Crippen MR) is 112 cm³/mol. The third-order valence-corrected chi connectivity index (χ3v) is 4.30. The van der Waals surface area contributed by atoms with Crippen molar-refractivity contribution in [3.8, 4) is 29.6 Å². The van der Waals surface area contributed by atoms with Crippen LogP contribution in [0.5, 0.6) is 17.2 Å². The lowest BCUT2D eigenvalue weighted by molar-refractivity contribution is -0.113. The predicted octanol–water partition coefficient (Wildman–Crippen LogP) is 2.98. The summed E-state index contributed by atoms with van der Waals surface area (Å²) < 4.78 is 15.9. The lowest BCUT2D eigenvalue weighted by Gasteiger charge is -2.14. The minimum atomic E-state index is -0.248. The molecule has 0 unspecified atom stereocenters. The van der Waals surface area contributed by atoms with Crippen LogP contribution in [0.3, 0.4) is 0 Å². The van der Waals surface area contributed by atoms with Gasteiger partial charge in [0.15, 0.2) is 16.6 Å². The molecule has 1 N–H and O–H groups in total. The fourth-order valence-corrected chi connectivity index (χ4v) is 2.98. The summed E-state index contributed by atoms with van der Waals surface area (Å²) in [6.07, 6.45) is 6.92. The van der Waals surface area contributed by atoms with Crippen molar-refractivity contribution in [3.63, 3.8) is 0 Å². The van der Waals surface area contributed by atoms with E-state index in [4.69, 9.17) is 32.9 Å². The molecule has 7 heteroatoms. The second-order valence-electron chi connectivity index (χ2n) is 5.73. The SMILES string of the molecule is C#CCOc1ccc(/C=C2/NC(=S)N(c3ccc(OC)cc3)C2=O)cc1OC. The highest BCUT2D eigenvalue weighted by molar-refractivity contribution is 7.80. The first-order valence-corrected chi connectivity index (χ1v) is 8.73. The van der Waals surface area contributed by atoms with Crippen LogP contribution in [-0.2, 0) is 4.79 Å². The highest BCUT2D eigenvalue weighted by atomic mass is 32.1. The normalized spacial score (nSPS) is 14.6. The van der Waals surface area contributed by atoms with Gasteiger partial charge < -0.3 is 19.5 Å². The number of hydrogen-bond donors (Lipinski definition) is 1. The second kappa shape index (κ2) is 8.46. The van der Waals surface area contributed by atoms with E-state index in [-0.39, 0.29) is 12.5 Å². The Balaban J connectivity index is 1.86. The van der Waals surface area contributed by atoms with Crippen LogP contribution in [0, 0.1) is 12.3 Å². The lowest BCUT2D eigenvalue weighted by atomic mass is 10.1.